The average molecular weight is 377 g/mol. The molecule has 4 aromatic rings. The van der Waals surface area contributed by atoms with E-state index in [-0.39, 0.29) is 12.1 Å². The Bertz CT molecular complexity index is 1150. The maximum Gasteiger partial charge on any atom is 0.348 e. The molecule has 5 nitrogen and oxygen atoms in total. The van der Waals surface area contributed by atoms with E-state index in [0.717, 1.165) is 32.2 Å². The number of nitrogens with one attached hydrogen (secondary N) is 1. The first-order valence-corrected chi connectivity index (χ1v) is 9.56. The molecule has 0 radical (unpaired) electrons. The van der Waals surface area contributed by atoms with Gasteiger partial charge in [0, 0.05) is 11.1 Å². The number of nitrogens with zero attached hydrogens (tertiary/aromatic N) is 2. The van der Waals surface area contributed by atoms with Crippen molar-refractivity contribution in [2.45, 2.75) is 26.9 Å². The van der Waals surface area contributed by atoms with Crippen LogP contribution in [0.15, 0.2) is 48.8 Å². The zero-order chi connectivity index (χ0) is 19.0. The van der Waals surface area contributed by atoms with E-state index in [4.69, 9.17) is 4.74 Å². The summed E-state index contributed by atoms with van der Waals surface area (Å²) < 4.78 is 5.37. The Kier molecular flexibility index (Phi) is 4.49. The lowest BCUT2D eigenvalue weighted by molar-refractivity contribution is 0.0383. The highest BCUT2D eigenvalue weighted by Gasteiger charge is 2.21. The third kappa shape index (κ3) is 3.24. The molecule has 0 saturated carbocycles. The summed E-state index contributed by atoms with van der Waals surface area (Å²) in [4.78, 5) is 22.5. The summed E-state index contributed by atoms with van der Waals surface area (Å²) in [5.41, 5.74) is 1.80. The zero-order valence-corrected chi connectivity index (χ0v) is 16.1. The second-order valence-corrected chi connectivity index (χ2v) is 7.56. The summed E-state index contributed by atoms with van der Waals surface area (Å²) in [6.45, 7) is 5.59. The van der Waals surface area contributed by atoms with Crippen LogP contribution in [0.25, 0.3) is 21.0 Å². The Labute approximate surface area is 161 Å². The second kappa shape index (κ2) is 6.96. The summed E-state index contributed by atoms with van der Waals surface area (Å²) >= 11 is 1.34. The van der Waals surface area contributed by atoms with E-state index in [0.29, 0.717) is 10.7 Å². The van der Waals surface area contributed by atoms with Crippen LogP contribution in [0.3, 0.4) is 0 Å². The maximum absolute atomic E-state index is 12.4. The molecule has 136 valence electrons. The molecule has 0 bridgehead atoms. The van der Waals surface area contributed by atoms with Crippen molar-refractivity contribution < 1.29 is 9.53 Å². The molecule has 0 aliphatic rings. The van der Waals surface area contributed by atoms with Gasteiger partial charge < -0.3 is 10.1 Å². The Balaban J connectivity index is 1.80. The molecule has 2 aromatic carbocycles. The molecular formula is C21H19N3O2S. The fourth-order valence-corrected chi connectivity index (χ4v) is 4.12. The van der Waals surface area contributed by atoms with Crippen LogP contribution in [0.2, 0.25) is 0 Å². The predicted molar refractivity (Wildman–Crippen MR) is 110 cm³/mol. The lowest BCUT2D eigenvalue weighted by Crippen LogP contribution is -2.11. The number of benzene rings is 2. The van der Waals surface area contributed by atoms with Crippen molar-refractivity contribution >= 4 is 49.8 Å². The van der Waals surface area contributed by atoms with Gasteiger partial charge in [0.15, 0.2) is 0 Å². The van der Waals surface area contributed by atoms with Gasteiger partial charge in [-0.3, -0.25) is 0 Å². The van der Waals surface area contributed by atoms with Gasteiger partial charge in [0.05, 0.1) is 11.5 Å². The molecule has 2 heterocycles. The molecule has 0 spiro atoms. The number of anilines is 2. The molecule has 1 N–H and O–H groups in total. The van der Waals surface area contributed by atoms with Crippen LogP contribution in [0.5, 0.6) is 0 Å². The van der Waals surface area contributed by atoms with E-state index in [1.165, 1.54) is 17.7 Å². The number of aromatic nitrogens is 2. The Morgan fingerprint density at radius 1 is 1.11 bits per heavy atom. The summed E-state index contributed by atoms with van der Waals surface area (Å²) in [5, 5.41) is 6.54. The van der Waals surface area contributed by atoms with Crippen LogP contribution in [-0.2, 0) is 4.74 Å². The second-order valence-electron chi connectivity index (χ2n) is 6.56. The van der Waals surface area contributed by atoms with Crippen LogP contribution in [0, 0.1) is 6.92 Å². The van der Waals surface area contributed by atoms with E-state index < -0.39 is 0 Å². The number of thiophene rings is 1. The number of carbonyl (C=O) groups is 1. The highest BCUT2D eigenvalue weighted by molar-refractivity contribution is 7.20. The number of aryl methyl sites for hydroxylation is 1. The highest BCUT2D eigenvalue weighted by atomic mass is 32.1. The third-order valence-electron chi connectivity index (χ3n) is 4.30. The van der Waals surface area contributed by atoms with Crippen molar-refractivity contribution in [2.24, 2.45) is 0 Å². The van der Waals surface area contributed by atoms with Gasteiger partial charge in [0.2, 0.25) is 0 Å². The summed E-state index contributed by atoms with van der Waals surface area (Å²) in [6.07, 6.45) is 1.35. The average Bonchev–Trinajstić information content (AvgIpc) is 2.99. The number of fused-ring (bicyclic) bond motifs is 2. The lowest BCUT2D eigenvalue weighted by Gasteiger charge is -2.10. The summed E-state index contributed by atoms with van der Waals surface area (Å²) in [6, 6.07) is 14.3. The molecule has 0 amide bonds. The topological polar surface area (TPSA) is 64.1 Å². The molecule has 6 heteroatoms. The van der Waals surface area contributed by atoms with Gasteiger partial charge in [0.1, 0.15) is 21.9 Å². The van der Waals surface area contributed by atoms with Crippen LogP contribution in [0.1, 0.15) is 29.1 Å². The van der Waals surface area contributed by atoms with Crippen molar-refractivity contribution in [3.05, 3.63) is 59.2 Å². The molecule has 4 rings (SSSR count). The van der Waals surface area contributed by atoms with Gasteiger partial charge in [-0.1, -0.05) is 36.4 Å². The number of hydrogen-bond acceptors (Lipinski definition) is 6. The Morgan fingerprint density at radius 3 is 2.70 bits per heavy atom. The van der Waals surface area contributed by atoms with Crippen LogP contribution in [0.4, 0.5) is 11.5 Å². The minimum Gasteiger partial charge on any atom is -0.459 e. The van der Waals surface area contributed by atoms with Gasteiger partial charge in [-0.25, -0.2) is 14.8 Å². The maximum atomic E-state index is 12.4. The first-order valence-electron chi connectivity index (χ1n) is 8.74. The summed E-state index contributed by atoms with van der Waals surface area (Å²) in [7, 11) is 0. The quantitative estimate of drug-likeness (QED) is 0.478. The molecule has 0 unspecified atom stereocenters. The van der Waals surface area contributed by atoms with Crippen LogP contribution >= 0.6 is 11.3 Å². The van der Waals surface area contributed by atoms with Crippen molar-refractivity contribution in [3.8, 4) is 0 Å². The van der Waals surface area contributed by atoms with Gasteiger partial charge in [-0.05, 0) is 37.8 Å². The van der Waals surface area contributed by atoms with Gasteiger partial charge in [-0.2, -0.15) is 0 Å². The molecule has 0 aliphatic carbocycles. The normalized spacial score (nSPS) is 11.3. The van der Waals surface area contributed by atoms with E-state index in [1.807, 2.05) is 45.0 Å². The Morgan fingerprint density at radius 2 is 1.89 bits per heavy atom. The zero-order valence-electron chi connectivity index (χ0n) is 15.3. The standard InChI is InChI=1S/C21H19N3O2S/c1-12(2)26-21(25)18-13(3)17-19(22-11-23-20(17)27-18)24-16-10-6-8-14-7-4-5-9-15(14)16/h4-12H,1-3H3,(H,22,23,24). The molecule has 2 aromatic heterocycles. The van der Waals surface area contributed by atoms with Gasteiger partial charge >= 0.3 is 5.97 Å². The fourth-order valence-electron chi connectivity index (χ4n) is 3.09. The number of esters is 1. The number of rotatable bonds is 4. The minimum absolute atomic E-state index is 0.165. The molecule has 0 saturated heterocycles. The van der Waals surface area contributed by atoms with Crippen molar-refractivity contribution in [3.63, 3.8) is 0 Å². The first-order chi connectivity index (χ1) is 13.0. The smallest absolute Gasteiger partial charge is 0.348 e. The van der Waals surface area contributed by atoms with E-state index >= 15 is 0 Å². The van der Waals surface area contributed by atoms with Crippen LogP contribution in [-0.4, -0.2) is 22.0 Å². The Hall–Kier alpha value is -2.99. The molecule has 0 atom stereocenters. The highest BCUT2D eigenvalue weighted by Crippen LogP contribution is 2.36. The van der Waals surface area contributed by atoms with Crippen LogP contribution < -0.4 is 5.32 Å². The number of carbonyl (C=O) groups excluding carboxylic acids is 1. The monoisotopic (exact) mass is 377 g/mol. The predicted octanol–water partition coefficient (Wildman–Crippen LogP) is 5.46. The number of ether oxygens (including phenoxy) is 1. The molecular weight excluding hydrogens is 358 g/mol. The number of hydrogen-bond donors (Lipinski definition) is 1. The molecule has 27 heavy (non-hydrogen) atoms. The third-order valence-corrected chi connectivity index (χ3v) is 5.48. The van der Waals surface area contributed by atoms with Gasteiger partial charge in [0.25, 0.3) is 0 Å². The van der Waals surface area contributed by atoms with E-state index in [2.05, 4.69) is 33.5 Å². The van der Waals surface area contributed by atoms with Gasteiger partial charge in [-0.15, -0.1) is 11.3 Å². The van der Waals surface area contributed by atoms with E-state index in [1.54, 1.807) is 0 Å². The van der Waals surface area contributed by atoms with Crippen molar-refractivity contribution in [2.75, 3.05) is 5.32 Å². The van der Waals surface area contributed by atoms with Crippen molar-refractivity contribution in [1.82, 2.24) is 9.97 Å². The van der Waals surface area contributed by atoms with E-state index in [9.17, 15) is 4.79 Å². The fraction of sp³-hybridized carbons (Fsp3) is 0.190. The SMILES string of the molecule is Cc1c(C(=O)OC(C)C)sc2ncnc(Nc3cccc4ccccc34)c12. The largest absolute Gasteiger partial charge is 0.459 e. The summed E-state index contributed by atoms with van der Waals surface area (Å²) in [5.74, 6) is 0.371. The molecule has 0 aliphatic heterocycles. The first kappa shape index (κ1) is 17.4. The lowest BCUT2D eigenvalue weighted by atomic mass is 10.1. The minimum atomic E-state index is -0.318. The molecule has 0 fully saturated rings. The van der Waals surface area contributed by atoms with Crippen molar-refractivity contribution in [1.29, 1.82) is 0 Å².